The number of aromatic hydroxyl groups is 1. The molecule has 0 saturated carbocycles. The zero-order valence-electron chi connectivity index (χ0n) is 17.1. The molecule has 0 bridgehead atoms. The summed E-state index contributed by atoms with van der Waals surface area (Å²) in [6.07, 6.45) is 1.68. The average molecular weight is 377 g/mol. The summed E-state index contributed by atoms with van der Waals surface area (Å²) in [4.78, 5) is 11.9. The predicted octanol–water partition coefficient (Wildman–Crippen LogP) is 6.01. The van der Waals surface area contributed by atoms with E-state index in [1.54, 1.807) is 12.1 Å². The van der Waals surface area contributed by atoms with E-state index in [4.69, 9.17) is 8.84 Å². The highest BCUT2D eigenvalue weighted by Gasteiger charge is 2.47. The van der Waals surface area contributed by atoms with E-state index < -0.39 is 13.9 Å². The van der Waals surface area contributed by atoms with Crippen LogP contribution < -0.4 is 10.1 Å². The lowest BCUT2D eigenvalue weighted by Gasteiger charge is -2.42. The highest BCUT2D eigenvalue weighted by atomic mass is 28.4. The standard InChI is InChI=1S/C21H32O4Si/c1-8-9-16-10-20(23)24-18-11-17(22)12-19(21(16)18)25-26(13(2)3,14(4)5)15(6)7/h10-15,22H,8-9H2,1-7H3. The van der Waals surface area contributed by atoms with Crippen LogP contribution in [0.5, 0.6) is 11.5 Å². The number of phenols is 1. The van der Waals surface area contributed by atoms with Gasteiger partial charge in [-0.3, -0.25) is 0 Å². The van der Waals surface area contributed by atoms with Gasteiger partial charge in [0.25, 0.3) is 8.32 Å². The van der Waals surface area contributed by atoms with Crippen LogP contribution in [-0.4, -0.2) is 13.4 Å². The van der Waals surface area contributed by atoms with Crippen LogP contribution in [0.4, 0.5) is 0 Å². The molecule has 4 nitrogen and oxygen atoms in total. The highest BCUT2D eigenvalue weighted by Crippen LogP contribution is 2.45. The van der Waals surface area contributed by atoms with Crippen molar-refractivity contribution in [3.05, 3.63) is 34.2 Å². The van der Waals surface area contributed by atoms with Crippen molar-refractivity contribution in [1.29, 1.82) is 0 Å². The number of benzene rings is 1. The van der Waals surface area contributed by atoms with Crippen LogP contribution in [-0.2, 0) is 6.42 Å². The molecule has 0 unspecified atom stereocenters. The van der Waals surface area contributed by atoms with Crippen LogP contribution in [0.3, 0.4) is 0 Å². The lowest BCUT2D eigenvalue weighted by Crippen LogP contribution is -2.50. The Labute approximate surface area is 157 Å². The minimum Gasteiger partial charge on any atom is -0.542 e. The quantitative estimate of drug-likeness (QED) is 0.475. The molecule has 26 heavy (non-hydrogen) atoms. The van der Waals surface area contributed by atoms with E-state index >= 15 is 0 Å². The third-order valence-corrected chi connectivity index (χ3v) is 11.4. The largest absolute Gasteiger partial charge is 0.542 e. The fraction of sp³-hybridized carbons (Fsp3) is 0.571. The van der Waals surface area contributed by atoms with Gasteiger partial charge >= 0.3 is 5.63 Å². The van der Waals surface area contributed by atoms with E-state index in [9.17, 15) is 9.90 Å². The van der Waals surface area contributed by atoms with Gasteiger partial charge in [-0.15, -0.1) is 0 Å². The molecule has 0 aliphatic rings. The number of phenolic OH excluding ortho intramolecular Hbond substituents is 1. The van der Waals surface area contributed by atoms with E-state index in [2.05, 4.69) is 48.5 Å². The van der Waals surface area contributed by atoms with Gasteiger partial charge in [0.15, 0.2) is 0 Å². The topological polar surface area (TPSA) is 59.7 Å². The Morgan fingerprint density at radius 1 is 1.04 bits per heavy atom. The van der Waals surface area contributed by atoms with Crippen LogP contribution in [0.2, 0.25) is 16.6 Å². The van der Waals surface area contributed by atoms with Crippen LogP contribution >= 0.6 is 0 Å². The van der Waals surface area contributed by atoms with Crippen molar-refractivity contribution >= 4 is 19.3 Å². The normalized spacial score (nSPS) is 12.5. The number of fused-ring (bicyclic) bond motifs is 1. The summed E-state index contributed by atoms with van der Waals surface area (Å²) in [6, 6.07) is 4.74. The Balaban J connectivity index is 2.77. The molecule has 0 aliphatic heterocycles. The van der Waals surface area contributed by atoms with E-state index in [-0.39, 0.29) is 5.75 Å². The molecule has 144 valence electrons. The molecular formula is C21H32O4Si. The third kappa shape index (κ3) is 3.68. The summed E-state index contributed by atoms with van der Waals surface area (Å²) in [5.74, 6) is 0.707. The smallest absolute Gasteiger partial charge is 0.336 e. The van der Waals surface area contributed by atoms with Crippen molar-refractivity contribution in [2.24, 2.45) is 0 Å². The van der Waals surface area contributed by atoms with Gasteiger partial charge in [-0.05, 0) is 28.6 Å². The third-order valence-electron chi connectivity index (χ3n) is 5.39. The van der Waals surface area contributed by atoms with E-state index in [0.29, 0.717) is 28.0 Å². The first kappa shape index (κ1) is 20.6. The molecule has 5 heteroatoms. The van der Waals surface area contributed by atoms with Gasteiger partial charge in [-0.25, -0.2) is 4.79 Å². The molecule has 1 aromatic heterocycles. The number of hydrogen-bond donors (Lipinski definition) is 1. The SMILES string of the molecule is CCCc1cc(=O)oc2cc(O)cc(O[Si](C(C)C)(C(C)C)C(C)C)c12. The molecule has 0 amide bonds. The molecule has 2 rings (SSSR count). The maximum atomic E-state index is 11.9. The zero-order valence-corrected chi connectivity index (χ0v) is 18.1. The van der Waals surface area contributed by atoms with Crippen molar-refractivity contribution in [1.82, 2.24) is 0 Å². The molecule has 0 spiro atoms. The molecule has 1 aromatic carbocycles. The molecule has 0 atom stereocenters. The molecule has 1 heterocycles. The van der Waals surface area contributed by atoms with E-state index in [1.807, 2.05) is 0 Å². The van der Waals surface area contributed by atoms with Crippen molar-refractivity contribution in [3.63, 3.8) is 0 Å². The predicted molar refractivity (Wildman–Crippen MR) is 110 cm³/mol. The van der Waals surface area contributed by atoms with Crippen LogP contribution in [0.15, 0.2) is 27.4 Å². The van der Waals surface area contributed by atoms with Crippen molar-refractivity contribution in [3.8, 4) is 11.5 Å². The van der Waals surface area contributed by atoms with Gasteiger partial charge < -0.3 is 13.9 Å². The molecule has 0 aliphatic carbocycles. The lowest BCUT2D eigenvalue weighted by molar-refractivity contribution is 0.455. The molecule has 0 fully saturated rings. The molecule has 0 radical (unpaired) electrons. The highest BCUT2D eigenvalue weighted by molar-refractivity contribution is 6.78. The maximum Gasteiger partial charge on any atom is 0.336 e. The minimum atomic E-state index is -2.20. The van der Waals surface area contributed by atoms with Gasteiger partial charge in [0.05, 0.1) is 5.39 Å². The second kappa shape index (κ2) is 7.87. The lowest BCUT2D eigenvalue weighted by atomic mass is 10.0. The Bertz CT molecular complexity index is 799. The Kier molecular flexibility index (Phi) is 6.22. The van der Waals surface area contributed by atoms with Gasteiger partial charge in [0.1, 0.15) is 17.1 Å². The van der Waals surface area contributed by atoms with Gasteiger partial charge in [-0.2, -0.15) is 0 Å². The number of aryl methyl sites for hydroxylation is 1. The fourth-order valence-electron chi connectivity index (χ4n) is 4.42. The summed E-state index contributed by atoms with van der Waals surface area (Å²) in [5.41, 5.74) is 2.15. The second-order valence-electron chi connectivity index (χ2n) is 8.08. The minimum absolute atomic E-state index is 0.0588. The average Bonchev–Trinajstić information content (AvgIpc) is 2.50. The summed E-state index contributed by atoms with van der Waals surface area (Å²) >= 11 is 0. The summed E-state index contributed by atoms with van der Waals surface area (Å²) < 4.78 is 12.2. The van der Waals surface area contributed by atoms with Crippen LogP contribution in [0, 0.1) is 0 Å². The van der Waals surface area contributed by atoms with Crippen LogP contribution in [0.25, 0.3) is 11.0 Å². The van der Waals surface area contributed by atoms with E-state index in [0.717, 1.165) is 23.8 Å². The first-order valence-corrected chi connectivity index (χ1v) is 11.8. The van der Waals surface area contributed by atoms with Gasteiger partial charge in [0, 0.05) is 18.2 Å². The first-order chi connectivity index (χ1) is 12.1. The Morgan fingerprint density at radius 2 is 1.62 bits per heavy atom. The van der Waals surface area contributed by atoms with Crippen molar-refractivity contribution < 1.29 is 13.9 Å². The summed E-state index contributed by atoms with van der Waals surface area (Å²) in [7, 11) is -2.20. The fourth-order valence-corrected chi connectivity index (χ4v) is 9.67. The molecular weight excluding hydrogens is 344 g/mol. The molecule has 0 saturated heterocycles. The van der Waals surface area contributed by atoms with Crippen LogP contribution in [0.1, 0.15) is 60.5 Å². The second-order valence-corrected chi connectivity index (χ2v) is 13.5. The summed E-state index contributed by atoms with van der Waals surface area (Å²) in [5, 5.41) is 11.0. The monoisotopic (exact) mass is 376 g/mol. The Hall–Kier alpha value is -1.75. The zero-order chi connectivity index (χ0) is 19.6. The number of rotatable bonds is 7. The first-order valence-electron chi connectivity index (χ1n) is 9.62. The van der Waals surface area contributed by atoms with E-state index in [1.165, 1.54) is 6.07 Å². The number of hydrogen-bond acceptors (Lipinski definition) is 4. The molecule has 1 N–H and O–H groups in total. The molecule has 2 aromatic rings. The van der Waals surface area contributed by atoms with Gasteiger partial charge in [0.2, 0.25) is 0 Å². The van der Waals surface area contributed by atoms with Gasteiger partial charge in [-0.1, -0.05) is 54.9 Å². The Morgan fingerprint density at radius 3 is 2.12 bits per heavy atom. The van der Waals surface area contributed by atoms with Crippen molar-refractivity contribution in [2.75, 3.05) is 0 Å². The maximum absolute atomic E-state index is 11.9. The summed E-state index contributed by atoms with van der Waals surface area (Å²) in [6.45, 7) is 15.4. The van der Waals surface area contributed by atoms with Crippen molar-refractivity contribution in [2.45, 2.75) is 77.9 Å².